The molecule has 1 saturated heterocycles. The Hall–Kier alpha value is -2.87. The van der Waals surface area contributed by atoms with Crippen molar-refractivity contribution in [1.29, 1.82) is 0 Å². The van der Waals surface area contributed by atoms with Crippen LogP contribution in [-0.4, -0.2) is 26.3 Å². The average molecular weight is 343 g/mol. The van der Waals surface area contributed by atoms with E-state index < -0.39 is 16.2 Å². The molecule has 2 aromatic rings. The lowest BCUT2D eigenvalue weighted by Crippen LogP contribution is -2.34. The molecule has 0 aliphatic carbocycles. The van der Waals surface area contributed by atoms with Crippen LogP contribution in [0.4, 0.5) is 16.2 Å². The molecule has 0 spiro atoms. The molecule has 8 heteroatoms. The first-order valence-electron chi connectivity index (χ1n) is 7.12. The Morgan fingerprint density at radius 2 is 1.75 bits per heavy atom. The average Bonchev–Trinajstić information content (AvgIpc) is 2.84. The highest BCUT2D eigenvalue weighted by molar-refractivity contribution is 8.15. The zero-order valence-corrected chi connectivity index (χ0v) is 13.2. The fraction of sp³-hybridized carbons (Fsp3) is 0.125. The van der Waals surface area contributed by atoms with Gasteiger partial charge in [-0.1, -0.05) is 42.5 Å². The molecule has 1 aliphatic rings. The van der Waals surface area contributed by atoms with Gasteiger partial charge in [0.1, 0.15) is 5.69 Å². The number of amides is 2. The molecular weight excluding hydrogens is 330 g/mol. The maximum absolute atomic E-state index is 12.5. The maximum Gasteiger partial charge on any atom is 0.292 e. The number of carbonyl (C=O) groups is 2. The van der Waals surface area contributed by atoms with Gasteiger partial charge in [0.15, 0.2) is 5.37 Å². The van der Waals surface area contributed by atoms with Crippen LogP contribution in [0, 0.1) is 10.1 Å². The van der Waals surface area contributed by atoms with Crippen LogP contribution in [0.3, 0.4) is 0 Å². The monoisotopic (exact) mass is 343 g/mol. The molecule has 2 amide bonds. The summed E-state index contributed by atoms with van der Waals surface area (Å²) in [6.45, 7) is 0.181. The van der Waals surface area contributed by atoms with E-state index in [1.807, 2.05) is 30.3 Å². The van der Waals surface area contributed by atoms with Gasteiger partial charge in [0.05, 0.1) is 11.5 Å². The molecular formula is C16H13N3O4S. The van der Waals surface area contributed by atoms with Crippen molar-refractivity contribution >= 4 is 34.3 Å². The number of para-hydroxylation sites is 2. The van der Waals surface area contributed by atoms with Crippen molar-refractivity contribution in [2.75, 3.05) is 5.32 Å². The van der Waals surface area contributed by atoms with Gasteiger partial charge in [0.25, 0.3) is 16.8 Å². The molecule has 1 atom stereocenters. The normalized spacial score (nSPS) is 17.2. The summed E-state index contributed by atoms with van der Waals surface area (Å²) in [5.41, 5.74) is 0.911. The minimum Gasteiger partial charge on any atom is -0.359 e. The van der Waals surface area contributed by atoms with Crippen LogP contribution in [0.1, 0.15) is 5.56 Å². The molecule has 0 saturated carbocycles. The summed E-state index contributed by atoms with van der Waals surface area (Å²) < 4.78 is 0. The summed E-state index contributed by atoms with van der Waals surface area (Å²) in [5.74, 6) is -0.410. The lowest BCUT2D eigenvalue weighted by Gasteiger charge is -2.15. The molecule has 2 aromatic carbocycles. The highest BCUT2D eigenvalue weighted by Gasteiger charge is 2.40. The summed E-state index contributed by atoms with van der Waals surface area (Å²) in [6.07, 6.45) is 0. The predicted octanol–water partition coefficient (Wildman–Crippen LogP) is 3.23. The van der Waals surface area contributed by atoms with E-state index in [9.17, 15) is 19.7 Å². The minimum atomic E-state index is -0.873. The Morgan fingerprint density at radius 1 is 1.08 bits per heavy atom. The first kappa shape index (κ1) is 16.0. The summed E-state index contributed by atoms with van der Waals surface area (Å²) in [7, 11) is 0. The van der Waals surface area contributed by atoms with Crippen LogP contribution >= 0.6 is 11.8 Å². The Balaban J connectivity index is 1.76. The van der Waals surface area contributed by atoms with Gasteiger partial charge in [-0.15, -0.1) is 0 Å². The highest BCUT2D eigenvalue weighted by Crippen LogP contribution is 2.32. The molecule has 0 bridgehead atoms. The molecule has 7 nitrogen and oxygen atoms in total. The Bertz CT molecular complexity index is 797. The van der Waals surface area contributed by atoms with Crippen LogP contribution < -0.4 is 5.32 Å². The summed E-state index contributed by atoms with van der Waals surface area (Å²) in [5, 5.41) is 12.6. The zero-order chi connectivity index (χ0) is 17.1. The Morgan fingerprint density at radius 3 is 2.46 bits per heavy atom. The quantitative estimate of drug-likeness (QED) is 0.662. The second kappa shape index (κ2) is 6.71. The Kier molecular flexibility index (Phi) is 4.48. The number of nitrogens with zero attached hydrogens (tertiary/aromatic N) is 2. The zero-order valence-electron chi connectivity index (χ0n) is 12.4. The number of carbonyl (C=O) groups excluding carboxylic acids is 2. The second-order valence-corrected chi connectivity index (χ2v) is 6.15. The van der Waals surface area contributed by atoms with Gasteiger partial charge in [-0.25, -0.2) is 0 Å². The third-order valence-corrected chi connectivity index (χ3v) is 4.48. The number of nitro benzene ring substituents is 1. The lowest BCUT2D eigenvalue weighted by molar-refractivity contribution is -0.384. The number of rotatable bonds is 5. The van der Waals surface area contributed by atoms with Gasteiger partial charge >= 0.3 is 0 Å². The van der Waals surface area contributed by atoms with Gasteiger partial charge in [-0.3, -0.25) is 24.6 Å². The van der Waals surface area contributed by atoms with Crippen LogP contribution in [0.25, 0.3) is 0 Å². The van der Waals surface area contributed by atoms with Gasteiger partial charge < -0.3 is 5.32 Å². The number of anilines is 1. The SMILES string of the molecule is O=C1SC(Nc2ccccc2[N+](=O)[O-])C(=O)N1Cc1ccccc1. The van der Waals surface area contributed by atoms with Gasteiger partial charge in [0, 0.05) is 6.07 Å². The number of hydrogen-bond donors (Lipinski definition) is 1. The largest absolute Gasteiger partial charge is 0.359 e. The standard InChI is InChI=1S/C16H13N3O4S/c20-15-14(17-12-8-4-5-9-13(12)19(22)23)24-16(21)18(15)10-11-6-2-1-3-7-11/h1-9,14,17H,10H2. The topological polar surface area (TPSA) is 92.5 Å². The number of nitro groups is 1. The summed E-state index contributed by atoms with van der Waals surface area (Å²) in [4.78, 5) is 36.2. The van der Waals surface area contributed by atoms with Crippen molar-refractivity contribution in [1.82, 2.24) is 4.90 Å². The van der Waals surface area contributed by atoms with Gasteiger partial charge in [-0.05, 0) is 23.4 Å². The van der Waals surface area contributed by atoms with E-state index in [0.29, 0.717) is 0 Å². The van der Waals surface area contributed by atoms with E-state index in [4.69, 9.17) is 0 Å². The van der Waals surface area contributed by atoms with E-state index in [2.05, 4.69) is 5.32 Å². The summed E-state index contributed by atoms with van der Waals surface area (Å²) >= 11 is 0.820. The molecule has 1 unspecified atom stereocenters. The van der Waals surface area contributed by atoms with Crippen LogP contribution in [0.15, 0.2) is 54.6 Å². The van der Waals surface area contributed by atoms with Crippen LogP contribution in [-0.2, 0) is 11.3 Å². The number of thioether (sulfide) groups is 1. The van der Waals surface area contributed by atoms with Crippen molar-refractivity contribution in [3.05, 3.63) is 70.3 Å². The summed E-state index contributed by atoms with van der Waals surface area (Å²) in [6, 6.07) is 15.2. The fourth-order valence-electron chi connectivity index (χ4n) is 2.34. The number of hydrogen-bond acceptors (Lipinski definition) is 6. The molecule has 0 aromatic heterocycles. The lowest BCUT2D eigenvalue weighted by atomic mass is 10.2. The molecule has 0 radical (unpaired) electrons. The number of nitrogens with one attached hydrogen (secondary N) is 1. The smallest absolute Gasteiger partial charge is 0.292 e. The molecule has 1 fully saturated rings. The van der Waals surface area contributed by atoms with Crippen LogP contribution in [0.5, 0.6) is 0 Å². The van der Waals surface area contributed by atoms with Gasteiger partial charge in [-0.2, -0.15) is 0 Å². The fourth-order valence-corrected chi connectivity index (χ4v) is 3.24. The maximum atomic E-state index is 12.5. The first-order valence-corrected chi connectivity index (χ1v) is 8.00. The van der Waals surface area contributed by atoms with Crippen LogP contribution in [0.2, 0.25) is 0 Å². The molecule has 1 N–H and O–H groups in total. The van der Waals surface area contributed by atoms with E-state index >= 15 is 0 Å². The Labute approximate surface area is 141 Å². The molecule has 1 aliphatic heterocycles. The molecule has 1 heterocycles. The highest BCUT2D eigenvalue weighted by atomic mass is 32.2. The third-order valence-electron chi connectivity index (χ3n) is 3.50. The third kappa shape index (κ3) is 3.23. The van der Waals surface area contributed by atoms with E-state index in [0.717, 1.165) is 22.2 Å². The second-order valence-electron chi connectivity index (χ2n) is 5.09. The van der Waals surface area contributed by atoms with Crippen molar-refractivity contribution in [2.45, 2.75) is 11.9 Å². The molecule has 24 heavy (non-hydrogen) atoms. The van der Waals surface area contributed by atoms with E-state index in [1.165, 1.54) is 12.1 Å². The van der Waals surface area contributed by atoms with Crippen molar-refractivity contribution in [2.24, 2.45) is 0 Å². The van der Waals surface area contributed by atoms with Gasteiger partial charge in [0.2, 0.25) is 0 Å². The van der Waals surface area contributed by atoms with Crippen molar-refractivity contribution in [3.8, 4) is 0 Å². The van der Waals surface area contributed by atoms with E-state index in [1.54, 1.807) is 12.1 Å². The number of imide groups is 1. The predicted molar refractivity (Wildman–Crippen MR) is 90.5 cm³/mol. The molecule has 3 rings (SSSR count). The minimum absolute atomic E-state index is 0.139. The molecule has 122 valence electrons. The first-order chi connectivity index (χ1) is 11.6. The van der Waals surface area contributed by atoms with Crippen molar-refractivity contribution in [3.63, 3.8) is 0 Å². The van der Waals surface area contributed by atoms with Crippen molar-refractivity contribution < 1.29 is 14.5 Å². The number of benzene rings is 2. The van der Waals surface area contributed by atoms with E-state index in [-0.39, 0.29) is 23.2 Å².